The zero-order valence-corrected chi connectivity index (χ0v) is 18.8. The molecule has 0 radical (unpaired) electrons. The standard InChI is InChI=1S/C23H48O3/c1-7-11-12-13-14-15-16-22(20-21(5)6)23(24-17-8-2,25-18-9-3)26-19-10-4/h21-22H,7-20H2,1-6H3. The van der Waals surface area contributed by atoms with Crippen LogP contribution in [0.2, 0.25) is 0 Å². The second kappa shape index (κ2) is 17.0. The molecule has 0 saturated carbocycles. The van der Waals surface area contributed by atoms with E-state index in [4.69, 9.17) is 14.2 Å². The fourth-order valence-electron chi connectivity index (χ4n) is 3.39. The van der Waals surface area contributed by atoms with Gasteiger partial charge in [-0.25, -0.2) is 0 Å². The molecule has 0 aliphatic carbocycles. The van der Waals surface area contributed by atoms with Crippen molar-refractivity contribution in [2.75, 3.05) is 19.8 Å². The summed E-state index contributed by atoms with van der Waals surface area (Å²) >= 11 is 0. The van der Waals surface area contributed by atoms with E-state index in [1.54, 1.807) is 0 Å². The monoisotopic (exact) mass is 372 g/mol. The van der Waals surface area contributed by atoms with E-state index in [2.05, 4.69) is 41.5 Å². The maximum atomic E-state index is 6.30. The summed E-state index contributed by atoms with van der Waals surface area (Å²) in [5.41, 5.74) is 0. The summed E-state index contributed by atoms with van der Waals surface area (Å²) in [6.45, 7) is 15.4. The van der Waals surface area contributed by atoms with E-state index < -0.39 is 5.97 Å². The Kier molecular flexibility index (Phi) is 16.9. The molecule has 0 heterocycles. The third-order valence-corrected chi connectivity index (χ3v) is 4.68. The molecule has 0 rings (SSSR count). The minimum atomic E-state index is -0.851. The van der Waals surface area contributed by atoms with Gasteiger partial charge in [0.15, 0.2) is 0 Å². The van der Waals surface area contributed by atoms with E-state index in [0.29, 0.717) is 31.7 Å². The summed E-state index contributed by atoms with van der Waals surface area (Å²) in [5, 5.41) is 0. The van der Waals surface area contributed by atoms with Crippen molar-refractivity contribution in [3.63, 3.8) is 0 Å². The largest absolute Gasteiger partial charge is 0.327 e. The third-order valence-electron chi connectivity index (χ3n) is 4.68. The van der Waals surface area contributed by atoms with E-state index in [1.165, 1.54) is 38.5 Å². The lowest BCUT2D eigenvalue weighted by Crippen LogP contribution is -2.47. The lowest BCUT2D eigenvalue weighted by Gasteiger charge is -2.40. The molecule has 1 unspecified atom stereocenters. The smallest absolute Gasteiger partial charge is 0.285 e. The molecular weight excluding hydrogens is 324 g/mol. The average molecular weight is 373 g/mol. The first kappa shape index (κ1) is 25.9. The van der Waals surface area contributed by atoms with Crippen molar-refractivity contribution in [2.24, 2.45) is 11.8 Å². The fraction of sp³-hybridized carbons (Fsp3) is 1.00. The van der Waals surface area contributed by atoms with Gasteiger partial charge in [0, 0.05) is 5.92 Å². The molecule has 0 saturated heterocycles. The average Bonchev–Trinajstić information content (AvgIpc) is 2.63. The molecule has 0 aliphatic heterocycles. The van der Waals surface area contributed by atoms with Crippen molar-refractivity contribution < 1.29 is 14.2 Å². The van der Waals surface area contributed by atoms with Crippen LogP contribution in [0.15, 0.2) is 0 Å². The van der Waals surface area contributed by atoms with E-state index in [-0.39, 0.29) is 0 Å². The Morgan fingerprint density at radius 3 is 1.50 bits per heavy atom. The highest BCUT2D eigenvalue weighted by Gasteiger charge is 2.42. The van der Waals surface area contributed by atoms with Gasteiger partial charge in [0.2, 0.25) is 0 Å². The summed E-state index contributed by atoms with van der Waals surface area (Å²) in [6, 6.07) is 0. The summed E-state index contributed by atoms with van der Waals surface area (Å²) in [6.07, 6.45) is 13.1. The van der Waals surface area contributed by atoms with Gasteiger partial charge in [0.05, 0.1) is 19.8 Å². The summed E-state index contributed by atoms with van der Waals surface area (Å²) in [5.74, 6) is 0.0638. The molecule has 3 heteroatoms. The molecule has 0 aromatic rings. The van der Waals surface area contributed by atoms with Gasteiger partial charge < -0.3 is 14.2 Å². The summed E-state index contributed by atoms with van der Waals surface area (Å²) < 4.78 is 18.9. The number of rotatable bonds is 19. The first-order chi connectivity index (χ1) is 12.6. The Morgan fingerprint density at radius 1 is 0.615 bits per heavy atom. The van der Waals surface area contributed by atoms with Crippen LogP contribution in [0.5, 0.6) is 0 Å². The molecular formula is C23H48O3. The predicted octanol–water partition coefficient (Wildman–Crippen LogP) is 7.33. The molecule has 0 bridgehead atoms. The minimum absolute atomic E-state index is 0.304. The Labute approximate surface area is 164 Å². The van der Waals surface area contributed by atoms with Crippen molar-refractivity contribution in [3.8, 4) is 0 Å². The molecule has 26 heavy (non-hydrogen) atoms. The van der Waals surface area contributed by atoms with Gasteiger partial charge in [0.25, 0.3) is 5.97 Å². The number of unbranched alkanes of at least 4 members (excludes halogenated alkanes) is 5. The molecule has 0 aliphatic rings. The quantitative estimate of drug-likeness (QED) is 0.175. The Balaban J connectivity index is 5.05. The van der Waals surface area contributed by atoms with Crippen LogP contribution in [-0.2, 0) is 14.2 Å². The van der Waals surface area contributed by atoms with Gasteiger partial charge in [-0.3, -0.25) is 0 Å². The van der Waals surface area contributed by atoms with Gasteiger partial charge in [-0.2, -0.15) is 0 Å². The summed E-state index contributed by atoms with van der Waals surface area (Å²) in [4.78, 5) is 0. The lowest BCUT2D eigenvalue weighted by atomic mass is 9.89. The SMILES string of the molecule is CCCCCCCCC(CC(C)C)C(OCCC)(OCCC)OCCC. The maximum Gasteiger partial charge on any atom is 0.285 e. The van der Waals surface area contributed by atoms with Crippen LogP contribution in [0.4, 0.5) is 0 Å². The second-order valence-electron chi connectivity index (χ2n) is 8.03. The molecule has 0 aromatic heterocycles. The van der Waals surface area contributed by atoms with Crippen molar-refractivity contribution in [1.82, 2.24) is 0 Å². The number of hydrogen-bond acceptors (Lipinski definition) is 3. The van der Waals surface area contributed by atoms with Gasteiger partial charge in [0.1, 0.15) is 0 Å². The van der Waals surface area contributed by atoms with Crippen LogP contribution >= 0.6 is 0 Å². The maximum absolute atomic E-state index is 6.30. The van der Waals surface area contributed by atoms with Crippen molar-refractivity contribution in [1.29, 1.82) is 0 Å². The number of hydrogen-bond donors (Lipinski definition) is 0. The number of ether oxygens (including phenoxy) is 3. The molecule has 0 N–H and O–H groups in total. The zero-order chi connectivity index (χ0) is 19.7. The zero-order valence-electron chi connectivity index (χ0n) is 18.8. The first-order valence-corrected chi connectivity index (χ1v) is 11.5. The fourth-order valence-corrected chi connectivity index (χ4v) is 3.39. The Morgan fingerprint density at radius 2 is 1.08 bits per heavy atom. The highest BCUT2D eigenvalue weighted by molar-refractivity contribution is 4.74. The third kappa shape index (κ3) is 11.6. The second-order valence-corrected chi connectivity index (χ2v) is 8.03. The molecule has 0 spiro atoms. The van der Waals surface area contributed by atoms with Crippen molar-refractivity contribution in [3.05, 3.63) is 0 Å². The van der Waals surface area contributed by atoms with Gasteiger partial charge in [-0.05, 0) is 38.0 Å². The predicted molar refractivity (Wildman–Crippen MR) is 112 cm³/mol. The molecule has 3 nitrogen and oxygen atoms in total. The normalized spacial score (nSPS) is 13.5. The van der Waals surface area contributed by atoms with Crippen molar-refractivity contribution >= 4 is 0 Å². The molecule has 158 valence electrons. The summed E-state index contributed by atoms with van der Waals surface area (Å²) in [7, 11) is 0. The van der Waals surface area contributed by atoms with Crippen molar-refractivity contribution in [2.45, 2.75) is 118 Å². The van der Waals surface area contributed by atoms with Crippen LogP contribution < -0.4 is 0 Å². The van der Waals surface area contributed by atoms with E-state index in [1.807, 2.05) is 0 Å². The van der Waals surface area contributed by atoms with Crippen LogP contribution in [0.3, 0.4) is 0 Å². The Bertz CT molecular complexity index is 269. The van der Waals surface area contributed by atoms with Crippen LogP contribution in [0.25, 0.3) is 0 Å². The van der Waals surface area contributed by atoms with Gasteiger partial charge >= 0.3 is 0 Å². The lowest BCUT2D eigenvalue weighted by molar-refractivity contribution is -0.407. The minimum Gasteiger partial charge on any atom is -0.327 e. The van der Waals surface area contributed by atoms with Crippen LogP contribution in [0.1, 0.15) is 112 Å². The van der Waals surface area contributed by atoms with Crippen LogP contribution in [-0.4, -0.2) is 25.8 Å². The van der Waals surface area contributed by atoms with E-state index in [0.717, 1.165) is 32.1 Å². The highest BCUT2D eigenvalue weighted by Crippen LogP contribution is 2.35. The van der Waals surface area contributed by atoms with E-state index >= 15 is 0 Å². The molecule has 1 atom stereocenters. The van der Waals surface area contributed by atoms with Crippen LogP contribution in [0, 0.1) is 11.8 Å². The van der Waals surface area contributed by atoms with Gasteiger partial charge in [-0.15, -0.1) is 0 Å². The van der Waals surface area contributed by atoms with Gasteiger partial charge in [-0.1, -0.05) is 80.1 Å². The molecule has 0 amide bonds. The van der Waals surface area contributed by atoms with E-state index in [9.17, 15) is 0 Å². The first-order valence-electron chi connectivity index (χ1n) is 11.5. The molecule has 0 fully saturated rings. The topological polar surface area (TPSA) is 27.7 Å². The highest BCUT2D eigenvalue weighted by atomic mass is 16.9. The Hall–Kier alpha value is -0.120. The molecule has 0 aromatic carbocycles.